The summed E-state index contributed by atoms with van der Waals surface area (Å²) in [5, 5.41) is 2.49. The Hall–Kier alpha value is -5.31. The maximum absolute atomic E-state index is 4.40. The molecule has 200 valence electrons. The molecule has 0 amide bonds. The molecule has 0 fully saturated rings. The quantitative estimate of drug-likeness (QED) is 0.204. The highest BCUT2D eigenvalue weighted by atomic mass is 32.1. The van der Waals surface area contributed by atoms with Crippen molar-refractivity contribution in [2.45, 2.75) is 0 Å². The highest BCUT2D eigenvalue weighted by molar-refractivity contribution is 7.25. The van der Waals surface area contributed by atoms with Gasteiger partial charge in [0.2, 0.25) is 0 Å². The summed E-state index contributed by atoms with van der Waals surface area (Å²) in [7, 11) is 0. The smallest absolute Gasteiger partial charge is 0.0386 e. The first kappa shape index (κ1) is 24.3. The van der Waals surface area contributed by atoms with Crippen molar-refractivity contribution in [3.05, 3.63) is 152 Å². The second-order valence-electron chi connectivity index (χ2n) is 11.1. The van der Waals surface area contributed by atoms with Crippen molar-refractivity contribution in [2.75, 3.05) is 0 Å². The molecule has 0 N–H and O–H groups in total. The van der Waals surface area contributed by atoms with Gasteiger partial charge in [0.05, 0.1) is 0 Å². The van der Waals surface area contributed by atoms with Gasteiger partial charge in [0.1, 0.15) is 0 Å². The number of benzene rings is 6. The molecule has 0 saturated heterocycles. The Balaban J connectivity index is 1.29. The van der Waals surface area contributed by atoms with Crippen LogP contribution in [0.3, 0.4) is 0 Å². The fourth-order valence-electron chi connectivity index (χ4n) is 6.82. The van der Waals surface area contributed by atoms with Gasteiger partial charge in [0.15, 0.2) is 0 Å². The summed E-state index contributed by atoms with van der Waals surface area (Å²) in [6, 6.07) is 51.3. The Morgan fingerprint density at radius 3 is 1.65 bits per heavy atom. The second kappa shape index (κ2) is 9.62. The Morgan fingerprint density at radius 1 is 0.372 bits per heavy atom. The molecule has 2 heteroatoms. The molecule has 43 heavy (non-hydrogen) atoms. The molecule has 2 aromatic heterocycles. The average Bonchev–Trinajstić information content (AvgIpc) is 3.45. The molecule has 0 spiro atoms. The minimum absolute atomic E-state index is 1.21. The average molecular weight is 564 g/mol. The minimum atomic E-state index is 1.21. The lowest BCUT2D eigenvalue weighted by Gasteiger charge is -2.25. The summed E-state index contributed by atoms with van der Waals surface area (Å²) in [5.41, 5.74) is 15.0. The van der Waals surface area contributed by atoms with Gasteiger partial charge in [-0.15, -0.1) is 11.3 Å². The minimum Gasteiger partial charge on any atom is -0.264 e. The maximum atomic E-state index is 4.40. The molecule has 9 rings (SSSR count). The molecule has 0 bridgehead atoms. The van der Waals surface area contributed by atoms with E-state index in [1.807, 2.05) is 23.7 Å². The number of thiophene rings is 1. The largest absolute Gasteiger partial charge is 0.264 e. The predicted octanol–water partition coefficient (Wildman–Crippen LogP) is 11.8. The van der Waals surface area contributed by atoms with Crippen LogP contribution in [0.15, 0.2) is 152 Å². The molecule has 0 atom stereocenters. The van der Waals surface area contributed by atoms with Gasteiger partial charge in [-0.05, 0) is 91.0 Å². The molecule has 0 saturated carbocycles. The lowest BCUT2D eigenvalue weighted by atomic mass is 9.78. The molecular weight excluding hydrogens is 539 g/mol. The SMILES string of the molecule is c1cc(-c2ccc3sc4ccncc4c3c2)cc(-c2cccc3c2-c2ccccc2-c2ccccc2-c2ccccc2-3)c1. The molecule has 0 radical (unpaired) electrons. The van der Waals surface area contributed by atoms with Crippen LogP contribution in [0.25, 0.3) is 86.9 Å². The van der Waals surface area contributed by atoms with Gasteiger partial charge in [-0.1, -0.05) is 115 Å². The summed E-state index contributed by atoms with van der Waals surface area (Å²) < 4.78 is 2.57. The van der Waals surface area contributed by atoms with Crippen LogP contribution in [0.2, 0.25) is 0 Å². The van der Waals surface area contributed by atoms with E-state index in [0.29, 0.717) is 0 Å². The lowest BCUT2D eigenvalue weighted by molar-refractivity contribution is 1.37. The summed E-state index contributed by atoms with van der Waals surface area (Å²) >= 11 is 1.83. The molecule has 0 unspecified atom stereocenters. The number of rotatable bonds is 2. The van der Waals surface area contributed by atoms with Crippen LogP contribution in [0.1, 0.15) is 0 Å². The van der Waals surface area contributed by atoms with Crippen molar-refractivity contribution in [1.82, 2.24) is 4.98 Å². The molecular formula is C41H25NS. The Labute approximate surface area is 254 Å². The van der Waals surface area contributed by atoms with Gasteiger partial charge in [-0.2, -0.15) is 0 Å². The number of nitrogens with zero attached hydrogens (tertiary/aromatic N) is 1. The van der Waals surface area contributed by atoms with Crippen LogP contribution >= 0.6 is 11.3 Å². The van der Waals surface area contributed by atoms with E-state index in [-0.39, 0.29) is 0 Å². The van der Waals surface area contributed by atoms with Crippen molar-refractivity contribution in [1.29, 1.82) is 0 Å². The molecule has 6 aromatic carbocycles. The van der Waals surface area contributed by atoms with Gasteiger partial charge in [-0.25, -0.2) is 0 Å². The third-order valence-electron chi connectivity index (χ3n) is 8.76. The van der Waals surface area contributed by atoms with Crippen LogP contribution in [0.5, 0.6) is 0 Å². The monoisotopic (exact) mass is 563 g/mol. The highest BCUT2D eigenvalue weighted by Gasteiger charge is 2.23. The first-order chi connectivity index (χ1) is 21.3. The summed E-state index contributed by atoms with van der Waals surface area (Å²) in [6.45, 7) is 0. The third-order valence-corrected chi connectivity index (χ3v) is 9.91. The standard InChI is InChI=1S/C41H25NS/c1-2-12-31-30(11-1)32-13-3-4-14-34(32)36-18-8-17-29(41(36)35-16-6-5-15-33(31)35)28-10-7-9-26(23-28)27-19-20-39-37(24-27)38-25-42-22-21-40(38)43-39/h1-25H. The fraction of sp³-hybridized carbons (Fsp3) is 0. The second-order valence-corrected chi connectivity index (χ2v) is 12.2. The number of aromatic nitrogens is 1. The zero-order valence-corrected chi connectivity index (χ0v) is 24.1. The van der Waals surface area contributed by atoms with E-state index in [2.05, 4.69) is 145 Å². The zero-order chi connectivity index (χ0) is 28.3. The highest BCUT2D eigenvalue weighted by Crippen LogP contribution is 2.50. The third kappa shape index (κ3) is 3.81. The fourth-order valence-corrected chi connectivity index (χ4v) is 7.87. The van der Waals surface area contributed by atoms with Crippen molar-refractivity contribution in [3.63, 3.8) is 0 Å². The van der Waals surface area contributed by atoms with Gasteiger partial charge in [0, 0.05) is 32.6 Å². The predicted molar refractivity (Wildman–Crippen MR) is 183 cm³/mol. The van der Waals surface area contributed by atoms with E-state index in [9.17, 15) is 0 Å². The Kier molecular flexibility index (Phi) is 5.44. The molecule has 8 aromatic rings. The van der Waals surface area contributed by atoms with Gasteiger partial charge < -0.3 is 0 Å². The van der Waals surface area contributed by atoms with Crippen molar-refractivity contribution >= 4 is 31.5 Å². The zero-order valence-electron chi connectivity index (χ0n) is 23.3. The molecule has 0 aliphatic heterocycles. The van der Waals surface area contributed by atoms with Crippen LogP contribution < -0.4 is 0 Å². The first-order valence-corrected chi connectivity index (χ1v) is 15.4. The van der Waals surface area contributed by atoms with Crippen LogP contribution in [-0.4, -0.2) is 4.98 Å². The number of hydrogen-bond acceptors (Lipinski definition) is 2. The van der Waals surface area contributed by atoms with Crippen molar-refractivity contribution in [3.8, 4) is 66.8 Å². The topological polar surface area (TPSA) is 12.9 Å². The normalized spacial score (nSPS) is 11.7. The van der Waals surface area contributed by atoms with Gasteiger partial charge >= 0.3 is 0 Å². The first-order valence-electron chi connectivity index (χ1n) is 14.6. The van der Waals surface area contributed by atoms with Crippen LogP contribution in [-0.2, 0) is 0 Å². The molecule has 1 aliphatic rings. The molecule has 1 nitrogen and oxygen atoms in total. The van der Waals surface area contributed by atoms with Crippen LogP contribution in [0, 0.1) is 0 Å². The summed E-state index contributed by atoms with van der Waals surface area (Å²) in [5.74, 6) is 0. The van der Waals surface area contributed by atoms with Gasteiger partial charge in [0.25, 0.3) is 0 Å². The van der Waals surface area contributed by atoms with Crippen LogP contribution in [0.4, 0.5) is 0 Å². The lowest BCUT2D eigenvalue weighted by Crippen LogP contribution is -1.98. The maximum Gasteiger partial charge on any atom is 0.0386 e. The van der Waals surface area contributed by atoms with E-state index in [1.165, 1.54) is 86.9 Å². The van der Waals surface area contributed by atoms with Gasteiger partial charge in [-0.3, -0.25) is 4.98 Å². The van der Waals surface area contributed by atoms with Crippen molar-refractivity contribution < 1.29 is 0 Å². The van der Waals surface area contributed by atoms with Crippen molar-refractivity contribution in [2.24, 2.45) is 0 Å². The number of fused-ring (bicyclic) bond motifs is 11. The van der Waals surface area contributed by atoms with E-state index in [4.69, 9.17) is 0 Å². The number of hydrogen-bond donors (Lipinski definition) is 0. The number of pyridine rings is 1. The van der Waals surface area contributed by atoms with E-state index in [0.717, 1.165) is 0 Å². The van der Waals surface area contributed by atoms with E-state index in [1.54, 1.807) is 0 Å². The molecule has 2 heterocycles. The Morgan fingerprint density at radius 2 is 0.907 bits per heavy atom. The summed E-state index contributed by atoms with van der Waals surface area (Å²) in [6.07, 6.45) is 3.87. The van der Waals surface area contributed by atoms with E-state index < -0.39 is 0 Å². The Bertz CT molecular complexity index is 2350. The molecule has 1 aliphatic carbocycles. The summed E-state index contributed by atoms with van der Waals surface area (Å²) in [4.78, 5) is 4.40. The van der Waals surface area contributed by atoms with E-state index >= 15 is 0 Å².